The highest BCUT2D eigenvalue weighted by atomic mass is 32.2. The topological polar surface area (TPSA) is 39.9 Å². The molecule has 0 N–H and O–H groups in total. The van der Waals surface area contributed by atoms with Gasteiger partial charge in [0.25, 0.3) is 0 Å². The number of nitrogens with zero attached hydrogens (tertiary/aromatic N) is 3. The summed E-state index contributed by atoms with van der Waals surface area (Å²) < 4.78 is 7.46. The summed E-state index contributed by atoms with van der Waals surface area (Å²) in [7, 11) is 0. The largest absolute Gasteiger partial charge is 0.477 e. The van der Waals surface area contributed by atoms with Crippen molar-refractivity contribution in [1.82, 2.24) is 14.4 Å². The molecule has 0 unspecified atom stereocenters. The van der Waals surface area contributed by atoms with Crippen molar-refractivity contribution in [2.45, 2.75) is 13.3 Å². The van der Waals surface area contributed by atoms with E-state index in [1.54, 1.807) is 4.09 Å². The fraction of sp³-hybridized carbons (Fsp3) is 0.300. The van der Waals surface area contributed by atoms with Gasteiger partial charge in [0.1, 0.15) is 11.0 Å². The van der Waals surface area contributed by atoms with Gasteiger partial charge in [0.2, 0.25) is 4.38 Å². The monoisotopic (exact) mass is 253 g/mol. The second-order valence-electron chi connectivity index (χ2n) is 3.14. The van der Waals surface area contributed by atoms with Gasteiger partial charge in [0.05, 0.1) is 18.6 Å². The van der Waals surface area contributed by atoms with Gasteiger partial charge < -0.3 is 4.74 Å². The van der Waals surface area contributed by atoms with Gasteiger partial charge in [-0.05, 0) is 30.8 Å². The van der Waals surface area contributed by atoms with Crippen molar-refractivity contribution >= 4 is 39.6 Å². The van der Waals surface area contributed by atoms with Gasteiger partial charge in [0.15, 0.2) is 0 Å². The van der Waals surface area contributed by atoms with Crippen LogP contribution in [0.3, 0.4) is 0 Å². The van der Waals surface area contributed by atoms with E-state index in [4.69, 9.17) is 17.0 Å². The van der Waals surface area contributed by atoms with Crippen molar-refractivity contribution in [2.75, 3.05) is 6.61 Å². The van der Waals surface area contributed by atoms with Crippen LogP contribution in [-0.4, -0.2) is 25.4 Å². The van der Waals surface area contributed by atoms with Crippen molar-refractivity contribution in [3.63, 3.8) is 0 Å². The van der Waals surface area contributed by atoms with Gasteiger partial charge in [0, 0.05) is 0 Å². The molecule has 0 atom stereocenters. The molecule has 0 saturated carbocycles. The number of ether oxygens (including phenoxy) is 1. The van der Waals surface area contributed by atoms with E-state index in [1.807, 2.05) is 31.2 Å². The van der Waals surface area contributed by atoms with Crippen LogP contribution >= 0.6 is 24.2 Å². The SMILES string of the molecule is CCCOC(=S)Sn1nnc2ccccc21. The number of fused-ring (bicyclic) bond motifs is 1. The molecule has 0 aliphatic carbocycles. The van der Waals surface area contributed by atoms with E-state index < -0.39 is 0 Å². The molecule has 2 rings (SSSR count). The molecule has 6 heteroatoms. The Kier molecular flexibility index (Phi) is 3.74. The zero-order chi connectivity index (χ0) is 11.4. The van der Waals surface area contributed by atoms with E-state index in [-0.39, 0.29) is 0 Å². The average molecular weight is 253 g/mol. The zero-order valence-electron chi connectivity index (χ0n) is 8.79. The molecule has 0 spiro atoms. The smallest absolute Gasteiger partial charge is 0.243 e. The minimum absolute atomic E-state index is 0.470. The molecule has 4 nitrogen and oxygen atoms in total. The highest BCUT2D eigenvalue weighted by Gasteiger charge is 2.07. The van der Waals surface area contributed by atoms with Crippen LogP contribution in [0.25, 0.3) is 11.0 Å². The fourth-order valence-electron chi connectivity index (χ4n) is 1.20. The Morgan fingerprint density at radius 1 is 1.50 bits per heavy atom. The van der Waals surface area contributed by atoms with E-state index in [0.29, 0.717) is 11.0 Å². The van der Waals surface area contributed by atoms with Crippen molar-refractivity contribution in [1.29, 1.82) is 0 Å². The van der Waals surface area contributed by atoms with Crippen LogP contribution in [0.4, 0.5) is 0 Å². The minimum Gasteiger partial charge on any atom is -0.477 e. The normalized spacial score (nSPS) is 10.6. The van der Waals surface area contributed by atoms with E-state index in [2.05, 4.69) is 10.3 Å². The summed E-state index contributed by atoms with van der Waals surface area (Å²) in [4.78, 5) is 0. The van der Waals surface area contributed by atoms with Gasteiger partial charge in [-0.15, -0.1) is 5.10 Å². The maximum Gasteiger partial charge on any atom is 0.243 e. The molecule has 0 fully saturated rings. The number of thiocarbonyl (C=S) groups is 1. The van der Waals surface area contributed by atoms with Crippen LogP contribution in [-0.2, 0) is 4.74 Å². The van der Waals surface area contributed by atoms with E-state index in [9.17, 15) is 0 Å². The number of para-hydroxylation sites is 1. The molecule has 1 heterocycles. The maximum atomic E-state index is 5.32. The first-order chi connectivity index (χ1) is 7.81. The zero-order valence-corrected chi connectivity index (χ0v) is 10.4. The lowest BCUT2D eigenvalue weighted by Crippen LogP contribution is -2.02. The predicted molar refractivity (Wildman–Crippen MR) is 69.4 cm³/mol. The van der Waals surface area contributed by atoms with E-state index in [1.165, 1.54) is 11.9 Å². The van der Waals surface area contributed by atoms with Crippen LogP contribution in [0.2, 0.25) is 0 Å². The molecule has 0 radical (unpaired) electrons. The predicted octanol–water partition coefficient (Wildman–Crippen LogP) is 2.64. The first kappa shape index (κ1) is 11.3. The molecule has 0 bridgehead atoms. The number of benzene rings is 1. The highest BCUT2D eigenvalue weighted by Crippen LogP contribution is 2.17. The lowest BCUT2D eigenvalue weighted by Gasteiger charge is -2.04. The molecule has 1 aromatic heterocycles. The van der Waals surface area contributed by atoms with Crippen molar-refractivity contribution < 1.29 is 4.74 Å². The van der Waals surface area contributed by atoms with Gasteiger partial charge >= 0.3 is 0 Å². The molecule has 84 valence electrons. The number of hydrogen-bond donors (Lipinski definition) is 0. The van der Waals surface area contributed by atoms with E-state index >= 15 is 0 Å². The van der Waals surface area contributed by atoms with Crippen molar-refractivity contribution in [3.05, 3.63) is 24.3 Å². The summed E-state index contributed by atoms with van der Waals surface area (Å²) in [6.07, 6.45) is 0.943. The van der Waals surface area contributed by atoms with Gasteiger partial charge in [-0.25, -0.2) is 0 Å². The molecule has 2 aromatic rings. The highest BCUT2D eigenvalue weighted by molar-refractivity contribution is 8.21. The van der Waals surface area contributed by atoms with E-state index in [0.717, 1.165) is 17.5 Å². The number of rotatable bonds is 3. The third-order valence-electron chi connectivity index (χ3n) is 1.91. The third-order valence-corrected chi connectivity index (χ3v) is 2.96. The third kappa shape index (κ3) is 2.51. The summed E-state index contributed by atoms with van der Waals surface area (Å²) in [6.45, 7) is 2.68. The number of hydrogen-bond acceptors (Lipinski definition) is 5. The lowest BCUT2D eigenvalue weighted by molar-refractivity contribution is 0.321. The van der Waals surface area contributed by atoms with Crippen LogP contribution in [0.15, 0.2) is 24.3 Å². The standard InChI is InChI=1S/C10H11N3OS2/c1-2-7-14-10(15)16-13-9-6-4-3-5-8(9)11-12-13/h3-6H,2,7H2,1H3. The lowest BCUT2D eigenvalue weighted by atomic mass is 10.3. The summed E-state index contributed by atoms with van der Waals surface area (Å²) in [5.74, 6) is 0. The Labute approximate surface area is 103 Å². The van der Waals surface area contributed by atoms with Gasteiger partial charge in [-0.2, -0.15) is 4.09 Å². The summed E-state index contributed by atoms with van der Waals surface area (Å²) in [6, 6.07) is 7.73. The Bertz CT molecular complexity index is 498. The molecular formula is C10H11N3OS2. The Hall–Kier alpha value is -1.14. The van der Waals surface area contributed by atoms with Crippen LogP contribution in [0.5, 0.6) is 0 Å². The van der Waals surface area contributed by atoms with Gasteiger partial charge in [-0.1, -0.05) is 24.3 Å². The second-order valence-corrected chi connectivity index (χ2v) is 4.67. The Morgan fingerprint density at radius 3 is 3.12 bits per heavy atom. The van der Waals surface area contributed by atoms with Crippen molar-refractivity contribution in [3.8, 4) is 0 Å². The first-order valence-corrected chi connectivity index (χ1v) is 6.15. The number of aromatic nitrogens is 3. The minimum atomic E-state index is 0.470. The molecular weight excluding hydrogens is 242 g/mol. The van der Waals surface area contributed by atoms with Crippen LogP contribution in [0, 0.1) is 0 Å². The fourth-order valence-corrected chi connectivity index (χ4v) is 2.10. The Balaban J connectivity index is 2.12. The summed E-state index contributed by atoms with van der Waals surface area (Å²) >= 11 is 6.35. The maximum absolute atomic E-state index is 5.32. The molecule has 1 aromatic carbocycles. The average Bonchev–Trinajstić information content (AvgIpc) is 2.70. The Morgan fingerprint density at radius 2 is 2.31 bits per heavy atom. The molecule has 0 aliphatic heterocycles. The van der Waals surface area contributed by atoms with Crippen LogP contribution < -0.4 is 0 Å². The molecule has 0 amide bonds. The quantitative estimate of drug-likeness (QED) is 0.786. The first-order valence-electron chi connectivity index (χ1n) is 4.97. The molecule has 0 aliphatic rings. The summed E-state index contributed by atoms with van der Waals surface area (Å²) in [5, 5.41) is 8.03. The van der Waals surface area contributed by atoms with Crippen LogP contribution in [0.1, 0.15) is 13.3 Å². The molecule has 0 saturated heterocycles. The molecule has 16 heavy (non-hydrogen) atoms. The van der Waals surface area contributed by atoms with Gasteiger partial charge in [-0.3, -0.25) is 0 Å². The second kappa shape index (κ2) is 5.27. The summed E-state index contributed by atoms with van der Waals surface area (Å²) in [5.41, 5.74) is 1.79. The van der Waals surface area contributed by atoms with Crippen molar-refractivity contribution in [2.24, 2.45) is 0 Å².